The Morgan fingerprint density at radius 2 is 1.84 bits per heavy atom. The summed E-state index contributed by atoms with van der Waals surface area (Å²) in [7, 11) is -3.64. The van der Waals surface area contributed by atoms with Gasteiger partial charge < -0.3 is 0 Å². The molecule has 0 atom stereocenters. The predicted octanol–water partition coefficient (Wildman–Crippen LogP) is 1.26. The summed E-state index contributed by atoms with van der Waals surface area (Å²) in [6.45, 7) is 0.554. The highest BCUT2D eigenvalue weighted by atomic mass is 32.2. The minimum atomic E-state index is -3.64. The zero-order valence-corrected chi connectivity index (χ0v) is 11.4. The van der Waals surface area contributed by atoms with Crippen molar-refractivity contribution >= 4 is 10.0 Å². The number of benzene rings is 1. The van der Waals surface area contributed by atoms with Crippen LogP contribution in [0.2, 0.25) is 0 Å². The lowest BCUT2D eigenvalue weighted by atomic mass is 9.99. The number of hydrogen-bond donors (Lipinski definition) is 2. The van der Waals surface area contributed by atoms with E-state index in [0.717, 1.165) is 31.2 Å². The largest absolute Gasteiger partial charge is 0.295 e. The maximum absolute atomic E-state index is 11.1. The van der Waals surface area contributed by atoms with Gasteiger partial charge in [0.15, 0.2) is 0 Å². The van der Waals surface area contributed by atoms with Gasteiger partial charge in [-0.15, -0.1) is 0 Å². The van der Waals surface area contributed by atoms with Crippen molar-refractivity contribution in [2.24, 2.45) is 5.14 Å². The molecule has 0 unspecified atom stereocenters. The molecule has 1 aliphatic rings. The van der Waals surface area contributed by atoms with E-state index in [1.165, 1.54) is 12.1 Å². The van der Waals surface area contributed by atoms with E-state index in [1.807, 2.05) is 0 Å². The topological polar surface area (TPSA) is 96.0 Å². The molecule has 6 heteroatoms. The third kappa shape index (κ3) is 3.32. The maximum atomic E-state index is 11.1. The van der Waals surface area contributed by atoms with Gasteiger partial charge in [-0.3, -0.25) is 5.32 Å². The van der Waals surface area contributed by atoms with Gasteiger partial charge >= 0.3 is 0 Å². The molecule has 1 fully saturated rings. The zero-order valence-electron chi connectivity index (χ0n) is 10.6. The van der Waals surface area contributed by atoms with Gasteiger partial charge in [0.2, 0.25) is 10.0 Å². The molecule has 5 nitrogen and oxygen atoms in total. The number of nitrogens with two attached hydrogens (primary N) is 1. The van der Waals surface area contributed by atoms with Gasteiger partial charge in [0.25, 0.3) is 0 Å². The van der Waals surface area contributed by atoms with Gasteiger partial charge in [-0.2, -0.15) is 5.26 Å². The van der Waals surface area contributed by atoms with Crippen LogP contribution in [0.3, 0.4) is 0 Å². The van der Waals surface area contributed by atoms with Crippen molar-refractivity contribution in [3.8, 4) is 6.07 Å². The van der Waals surface area contributed by atoms with Crippen molar-refractivity contribution in [3.05, 3.63) is 29.8 Å². The second kappa shape index (κ2) is 5.29. The molecule has 3 N–H and O–H groups in total. The van der Waals surface area contributed by atoms with Crippen LogP contribution in [0.4, 0.5) is 0 Å². The average molecular weight is 279 g/mol. The number of primary sulfonamides is 1. The molecule has 0 bridgehead atoms. The molecule has 2 rings (SSSR count). The fourth-order valence-corrected chi connectivity index (χ4v) is 2.89. The quantitative estimate of drug-likeness (QED) is 0.867. The van der Waals surface area contributed by atoms with Gasteiger partial charge in [-0.1, -0.05) is 25.0 Å². The maximum Gasteiger partial charge on any atom is 0.238 e. The smallest absolute Gasteiger partial charge is 0.238 e. The van der Waals surface area contributed by atoms with E-state index in [0.29, 0.717) is 6.54 Å². The van der Waals surface area contributed by atoms with Crippen LogP contribution in [0, 0.1) is 11.3 Å². The van der Waals surface area contributed by atoms with Gasteiger partial charge in [0.05, 0.1) is 11.0 Å². The van der Waals surface area contributed by atoms with Crippen molar-refractivity contribution < 1.29 is 8.42 Å². The fraction of sp³-hybridized carbons (Fsp3) is 0.462. The Kier molecular flexibility index (Phi) is 3.90. The van der Waals surface area contributed by atoms with Crippen LogP contribution in [-0.4, -0.2) is 14.0 Å². The lowest BCUT2D eigenvalue weighted by Gasteiger charge is -2.22. The molecule has 0 aromatic heterocycles. The Morgan fingerprint density at radius 3 is 2.32 bits per heavy atom. The lowest BCUT2D eigenvalue weighted by molar-refractivity contribution is 0.421. The van der Waals surface area contributed by atoms with E-state index in [-0.39, 0.29) is 4.90 Å². The second-order valence-electron chi connectivity index (χ2n) is 4.94. The molecule has 0 spiro atoms. The lowest BCUT2D eigenvalue weighted by Crippen LogP contribution is -2.40. The van der Waals surface area contributed by atoms with Gasteiger partial charge in [-0.25, -0.2) is 13.6 Å². The van der Waals surface area contributed by atoms with Crippen LogP contribution in [0.1, 0.15) is 31.2 Å². The molecule has 102 valence electrons. The minimum Gasteiger partial charge on any atom is -0.295 e. The third-order valence-electron chi connectivity index (χ3n) is 3.55. The Labute approximate surface area is 113 Å². The van der Waals surface area contributed by atoms with E-state index in [9.17, 15) is 13.7 Å². The Balaban J connectivity index is 2.03. The van der Waals surface area contributed by atoms with Gasteiger partial charge in [0.1, 0.15) is 5.54 Å². The average Bonchev–Trinajstić information content (AvgIpc) is 2.85. The van der Waals surface area contributed by atoms with E-state index >= 15 is 0 Å². The molecule has 0 heterocycles. The Hall–Kier alpha value is -1.42. The molecule has 1 aliphatic carbocycles. The highest BCUT2D eigenvalue weighted by molar-refractivity contribution is 7.89. The summed E-state index contributed by atoms with van der Waals surface area (Å²) in [5.74, 6) is 0. The first kappa shape index (κ1) is 14.0. The van der Waals surface area contributed by atoms with Crippen LogP contribution < -0.4 is 10.5 Å². The summed E-state index contributed by atoms with van der Waals surface area (Å²) < 4.78 is 22.3. The molecule has 1 saturated carbocycles. The summed E-state index contributed by atoms with van der Waals surface area (Å²) in [6, 6.07) is 8.76. The number of rotatable bonds is 4. The standard InChI is InChI=1S/C13H17N3O2S/c14-10-13(7-1-2-8-13)16-9-11-3-5-12(6-4-11)19(15,17)18/h3-6,16H,1-2,7-9H2,(H2,15,17,18). The van der Waals surface area contributed by atoms with E-state index < -0.39 is 15.6 Å². The van der Waals surface area contributed by atoms with Crippen LogP contribution in [0.5, 0.6) is 0 Å². The van der Waals surface area contributed by atoms with Crippen molar-refractivity contribution in [2.45, 2.75) is 42.7 Å². The highest BCUT2D eigenvalue weighted by Gasteiger charge is 2.32. The molecule has 0 aliphatic heterocycles. The van der Waals surface area contributed by atoms with Crippen molar-refractivity contribution in [1.29, 1.82) is 5.26 Å². The number of nitrogens with one attached hydrogen (secondary N) is 1. The van der Waals surface area contributed by atoms with Crippen LogP contribution >= 0.6 is 0 Å². The Morgan fingerprint density at radius 1 is 1.26 bits per heavy atom. The van der Waals surface area contributed by atoms with Crippen LogP contribution in [0.15, 0.2) is 29.2 Å². The first-order valence-electron chi connectivity index (χ1n) is 6.23. The first-order chi connectivity index (χ1) is 8.95. The van der Waals surface area contributed by atoms with E-state index in [1.54, 1.807) is 12.1 Å². The molecule has 0 radical (unpaired) electrons. The summed E-state index contributed by atoms with van der Waals surface area (Å²) in [5, 5.41) is 17.6. The fourth-order valence-electron chi connectivity index (χ4n) is 2.37. The van der Waals surface area contributed by atoms with Crippen LogP contribution in [0.25, 0.3) is 0 Å². The van der Waals surface area contributed by atoms with Crippen LogP contribution in [-0.2, 0) is 16.6 Å². The van der Waals surface area contributed by atoms with Crippen molar-refractivity contribution in [3.63, 3.8) is 0 Å². The van der Waals surface area contributed by atoms with Crippen molar-refractivity contribution in [2.75, 3.05) is 0 Å². The predicted molar refractivity (Wildman–Crippen MR) is 71.5 cm³/mol. The zero-order chi connectivity index (χ0) is 13.9. The summed E-state index contributed by atoms with van der Waals surface area (Å²) in [4.78, 5) is 0.104. The minimum absolute atomic E-state index is 0.104. The van der Waals surface area contributed by atoms with Crippen molar-refractivity contribution in [1.82, 2.24) is 5.32 Å². The molecule has 1 aromatic rings. The molecule has 0 amide bonds. The summed E-state index contributed by atoms with van der Waals surface area (Å²) >= 11 is 0. The van der Waals surface area contributed by atoms with E-state index in [4.69, 9.17) is 5.14 Å². The molecule has 19 heavy (non-hydrogen) atoms. The summed E-state index contributed by atoms with van der Waals surface area (Å²) in [6.07, 6.45) is 3.90. The number of hydrogen-bond acceptors (Lipinski definition) is 4. The summed E-state index contributed by atoms with van der Waals surface area (Å²) in [5.41, 5.74) is 0.521. The molecule has 0 saturated heterocycles. The number of nitrogens with zero attached hydrogens (tertiary/aromatic N) is 1. The molecular formula is C13H17N3O2S. The monoisotopic (exact) mass is 279 g/mol. The first-order valence-corrected chi connectivity index (χ1v) is 7.78. The molecule has 1 aromatic carbocycles. The highest BCUT2D eigenvalue weighted by Crippen LogP contribution is 2.29. The Bertz CT molecular complexity index is 581. The van der Waals surface area contributed by atoms with Gasteiger partial charge in [0, 0.05) is 6.54 Å². The van der Waals surface area contributed by atoms with E-state index in [2.05, 4.69) is 11.4 Å². The third-order valence-corrected chi connectivity index (χ3v) is 4.48. The van der Waals surface area contributed by atoms with Gasteiger partial charge in [-0.05, 0) is 30.5 Å². The normalized spacial score (nSPS) is 18.1. The second-order valence-corrected chi connectivity index (χ2v) is 6.50. The molecular weight excluding hydrogens is 262 g/mol. The number of nitriles is 1. The SMILES string of the molecule is N#CC1(NCc2ccc(S(N)(=O)=O)cc2)CCCC1. The number of sulfonamides is 1.